The van der Waals surface area contributed by atoms with Gasteiger partial charge in [0.2, 0.25) is 5.91 Å². The minimum atomic E-state index is -0.248. The van der Waals surface area contributed by atoms with Crippen molar-refractivity contribution in [1.29, 1.82) is 0 Å². The van der Waals surface area contributed by atoms with Crippen LogP contribution >= 0.6 is 0 Å². The summed E-state index contributed by atoms with van der Waals surface area (Å²) < 4.78 is 5.28. The van der Waals surface area contributed by atoms with Gasteiger partial charge in [-0.2, -0.15) is 0 Å². The van der Waals surface area contributed by atoms with Gasteiger partial charge in [-0.15, -0.1) is 0 Å². The summed E-state index contributed by atoms with van der Waals surface area (Å²) in [5.41, 5.74) is 0.874. The van der Waals surface area contributed by atoms with E-state index in [-0.39, 0.29) is 23.9 Å². The van der Waals surface area contributed by atoms with Crippen LogP contribution in [-0.4, -0.2) is 36.5 Å². The van der Waals surface area contributed by atoms with Crippen molar-refractivity contribution in [3.63, 3.8) is 0 Å². The van der Waals surface area contributed by atoms with Crippen molar-refractivity contribution in [2.45, 2.75) is 38.5 Å². The third-order valence-corrected chi connectivity index (χ3v) is 3.94. The first-order valence-electron chi connectivity index (χ1n) is 7.48. The number of nitrogens with zero attached hydrogens (tertiary/aromatic N) is 1. The Morgan fingerprint density at radius 1 is 1.29 bits per heavy atom. The van der Waals surface area contributed by atoms with Crippen molar-refractivity contribution in [2.75, 3.05) is 19.7 Å². The lowest BCUT2D eigenvalue weighted by atomic mass is 9.82. The van der Waals surface area contributed by atoms with Gasteiger partial charge in [-0.1, -0.05) is 44.2 Å². The summed E-state index contributed by atoms with van der Waals surface area (Å²) in [5, 5.41) is 0. The zero-order chi connectivity index (χ0) is 15.3. The average molecular weight is 289 g/mol. The van der Waals surface area contributed by atoms with Crippen molar-refractivity contribution >= 4 is 11.9 Å². The number of hydrogen-bond acceptors (Lipinski definition) is 3. The van der Waals surface area contributed by atoms with E-state index < -0.39 is 0 Å². The van der Waals surface area contributed by atoms with E-state index in [9.17, 15) is 9.59 Å². The molecule has 21 heavy (non-hydrogen) atoms. The van der Waals surface area contributed by atoms with Crippen LogP contribution in [0.3, 0.4) is 0 Å². The highest BCUT2D eigenvalue weighted by Crippen LogP contribution is 2.27. The summed E-state index contributed by atoms with van der Waals surface area (Å²) in [4.78, 5) is 25.2. The predicted molar refractivity (Wildman–Crippen MR) is 80.9 cm³/mol. The summed E-state index contributed by atoms with van der Waals surface area (Å²) in [6.45, 7) is 5.65. The first kappa shape index (κ1) is 15.5. The molecule has 114 valence electrons. The van der Waals surface area contributed by atoms with Gasteiger partial charge < -0.3 is 9.64 Å². The van der Waals surface area contributed by atoms with Gasteiger partial charge in [-0.25, -0.2) is 0 Å². The van der Waals surface area contributed by atoms with Crippen LogP contribution in [0.25, 0.3) is 0 Å². The lowest BCUT2D eigenvalue weighted by Gasteiger charge is -2.24. The van der Waals surface area contributed by atoms with Crippen LogP contribution in [0.2, 0.25) is 0 Å². The predicted octanol–water partition coefficient (Wildman–Crippen LogP) is 2.52. The molecule has 1 aromatic carbocycles. The Hall–Kier alpha value is -1.84. The highest BCUT2D eigenvalue weighted by atomic mass is 16.5. The van der Waals surface area contributed by atoms with Crippen LogP contribution in [-0.2, 0) is 19.7 Å². The summed E-state index contributed by atoms with van der Waals surface area (Å²) >= 11 is 0. The first-order valence-corrected chi connectivity index (χ1v) is 7.48. The Labute approximate surface area is 126 Å². The first-order chi connectivity index (χ1) is 9.99. The number of likely N-dealkylation sites (tertiary alicyclic amines) is 1. The topological polar surface area (TPSA) is 46.6 Å². The van der Waals surface area contributed by atoms with Crippen LogP contribution in [0.5, 0.6) is 0 Å². The number of rotatable bonds is 6. The van der Waals surface area contributed by atoms with E-state index in [1.54, 1.807) is 4.90 Å². The van der Waals surface area contributed by atoms with Gasteiger partial charge in [0.25, 0.3) is 0 Å². The van der Waals surface area contributed by atoms with Gasteiger partial charge in [0.15, 0.2) is 0 Å². The highest BCUT2D eigenvalue weighted by Gasteiger charge is 2.25. The van der Waals surface area contributed by atoms with E-state index in [1.807, 2.05) is 44.2 Å². The summed E-state index contributed by atoms with van der Waals surface area (Å²) in [6, 6.07) is 9.96. The third-order valence-electron chi connectivity index (χ3n) is 3.94. The second kappa shape index (κ2) is 6.74. The van der Waals surface area contributed by atoms with Gasteiger partial charge in [0.1, 0.15) is 6.61 Å². The second-order valence-corrected chi connectivity index (χ2v) is 6.13. The van der Waals surface area contributed by atoms with E-state index in [1.165, 1.54) is 0 Å². The molecule has 0 atom stereocenters. The quantitative estimate of drug-likeness (QED) is 0.756. The number of amides is 1. The Morgan fingerprint density at radius 3 is 2.62 bits per heavy atom. The Kier molecular flexibility index (Phi) is 4.99. The number of hydrogen-bond donors (Lipinski definition) is 0. The maximum atomic E-state index is 12.0. The van der Waals surface area contributed by atoms with Crippen molar-refractivity contribution in [1.82, 2.24) is 4.90 Å². The molecule has 1 amide bonds. The number of carbonyl (C=O) groups excluding carboxylic acids is 2. The summed E-state index contributed by atoms with van der Waals surface area (Å²) in [7, 11) is 0. The van der Waals surface area contributed by atoms with E-state index >= 15 is 0 Å². The smallest absolute Gasteiger partial charge is 0.306 e. The summed E-state index contributed by atoms with van der Waals surface area (Å²) in [6.07, 6.45) is 1.87. The van der Waals surface area contributed by atoms with Crippen LogP contribution in [0, 0.1) is 0 Å². The minimum Gasteiger partial charge on any atom is -0.464 e. The molecule has 1 fully saturated rings. The Morgan fingerprint density at radius 2 is 2.00 bits per heavy atom. The largest absolute Gasteiger partial charge is 0.464 e. The number of benzene rings is 1. The molecule has 0 saturated carbocycles. The monoisotopic (exact) mass is 289 g/mol. The van der Waals surface area contributed by atoms with Gasteiger partial charge in [0, 0.05) is 18.4 Å². The molecule has 1 aliphatic rings. The molecular weight excluding hydrogens is 266 g/mol. The lowest BCUT2D eigenvalue weighted by Crippen LogP contribution is -2.30. The standard InChI is InChI=1S/C17H23NO3/c1-17(2,14-7-4-3-5-8-14)13-16(20)21-12-11-18-10-6-9-15(18)19/h3-5,7-8H,6,9-13H2,1-2H3. The fraction of sp³-hybridized carbons (Fsp3) is 0.529. The normalized spacial score (nSPS) is 15.3. The average Bonchev–Trinajstić information content (AvgIpc) is 2.85. The molecule has 0 radical (unpaired) electrons. The number of carbonyl (C=O) groups is 2. The molecule has 0 bridgehead atoms. The lowest BCUT2D eigenvalue weighted by molar-refractivity contribution is -0.146. The van der Waals surface area contributed by atoms with Gasteiger partial charge in [-0.3, -0.25) is 9.59 Å². The molecule has 1 heterocycles. The van der Waals surface area contributed by atoms with E-state index in [4.69, 9.17) is 4.74 Å². The molecule has 1 aliphatic heterocycles. The Balaban J connectivity index is 1.77. The molecule has 0 unspecified atom stereocenters. The maximum absolute atomic E-state index is 12.0. The van der Waals surface area contributed by atoms with Crippen LogP contribution in [0.15, 0.2) is 30.3 Å². The van der Waals surface area contributed by atoms with Gasteiger partial charge in [-0.05, 0) is 12.0 Å². The fourth-order valence-corrected chi connectivity index (χ4v) is 2.61. The van der Waals surface area contributed by atoms with Crippen molar-refractivity contribution < 1.29 is 14.3 Å². The fourth-order valence-electron chi connectivity index (χ4n) is 2.61. The molecule has 0 N–H and O–H groups in total. The van der Waals surface area contributed by atoms with E-state index in [0.717, 1.165) is 18.5 Å². The molecule has 0 aliphatic carbocycles. The Bertz CT molecular complexity index is 496. The zero-order valence-corrected chi connectivity index (χ0v) is 12.8. The minimum absolute atomic E-state index is 0.163. The van der Waals surface area contributed by atoms with Gasteiger partial charge in [0.05, 0.1) is 13.0 Å². The molecule has 1 aromatic rings. The van der Waals surface area contributed by atoms with Crippen LogP contribution in [0.4, 0.5) is 0 Å². The van der Waals surface area contributed by atoms with E-state index in [2.05, 4.69) is 0 Å². The molecule has 0 aromatic heterocycles. The number of ether oxygens (including phenoxy) is 1. The summed E-state index contributed by atoms with van der Waals surface area (Å²) in [5.74, 6) is -0.0498. The molecule has 4 heteroatoms. The van der Waals surface area contributed by atoms with Crippen LogP contribution < -0.4 is 0 Å². The van der Waals surface area contributed by atoms with Gasteiger partial charge >= 0.3 is 5.97 Å². The second-order valence-electron chi connectivity index (χ2n) is 6.13. The third kappa shape index (κ3) is 4.31. The maximum Gasteiger partial charge on any atom is 0.306 e. The van der Waals surface area contributed by atoms with E-state index in [0.29, 0.717) is 19.4 Å². The SMILES string of the molecule is CC(C)(CC(=O)OCCN1CCCC1=O)c1ccccc1. The molecule has 0 spiro atoms. The van der Waals surface area contributed by atoms with Crippen molar-refractivity contribution in [3.8, 4) is 0 Å². The zero-order valence-electron chi connectivity index (χ0n) is 12.8. The van der Waals surface area contributed by atoms with Crippen molar-refractivity contribution in [2.24, 2.45) is 0 Å². The number of esters is 1. The molecule has 1 saturated heterocycles. The van der Waals surface area contributed by atoms with Crippen molar-refractivity contribution in [3.05, 3.63) is 35.9 Å². The molecular formula is C17H23NO3. The highest BCUT2D eigenvalue weighted by molar-refractivity contribution is 5.78. The molecule has 4 nitrogen and oxygen atoms in total. The van der Waals surface area contributed by atoms with Crippen LogP contribution in [0.1, 0.15) is 38.7 Å². The molecule has 2 rings (SSSR count).